The van der Waals surface area contributed by atoms with Crippen LogP contribution in [-0.2, 0) is 43.0 Å². The molecule has 0 atom stereocenters. The molecule has 0 spiro atoms. The number of methoxy groups -OCH3 is 2. The molecule has 258 valence electrons. The molecule has 1 aliphatic carbocycles. The largest absolute Gasteiger partial charge is 0.494 e. The van der Waals surface area contributed by atoms with Crippen LogP contribution in [0.4, 0.5) is 0 Å². The summed E-state index contributed by atoms with van der Waals surface area (Å²) in [6.07, 6.45) is 3.62. The van der Waals surface area contributed by atoms with Crippen molar-refractivity contribution in [3.05, 3.63) is 47.5 Å². The third kappa shape index (κ3) is 7.27. The molecule has 0 unspecified atom stereocenters. The molecule has 0 amide bonds. The second-order valence-corrected chi connectivity index (χ2v) is 15.3. The highest BCUT2D eigenvalue weighted by molar-refractivity contribution is 6.62. The summed E-state index contributed by atoms with van der Waals surface area (Å²) in [4.78, 5) is 0. The average Bonchev–Trinajstić information content (AvgIpc) is 3.50. The van der Waals surface area contributed by atoms with E-state index in [0.717, 1.165) is 36.6 Å². The molecule has 2 saturated heterocycles. The van der Waals surface area contributed by atoms with Crippen molar-refractivity contribution in [3.8, 4) is 11.1 Å². The molecule has 2 heterocycles. The van der Waals surface area contributed by atoms with Crippen LogP contribution in [-0.4, -0.2) is 90.5 Å². The van der Waals surface area contributed by atoms with Crippen molar-refractivity contribution in [1.29, 1.82) is 0 Å². The van der Waals surface area contributed by atoms with Crippen molar-refractivity contribution in [2.24, 2.45) is 0 Å². The van der Waals surface area contributed by atoms with E-state index in [1.807, 2.05) is 0 Å². The Bertz CT molecular complexity index is 1240. The summed E-state index contributed by atoms with van der Waals surface area (Å²) in [5.41, 5.74) is 5.22. The minimum absolute atomic E-state index is 0.279. The molecule has 0 N–H and O–H groups in total. The van der Waals surface area contributed by atoms with Gasteiger partial charge in [0.1, 0.15) is 0 Å². The first-order chi connectivity index (χ1) is 22.2. The smallest absolute Gasteiger partial charge is 0.399 e. The van der Waals surface area contributed by atoms with Gasteiger partial charge in [0.15, 0.2) is 0 Å². The molecular weight excluding hydrogens is 594 g/mol. The van der Waals surface area contributed by atoms with Crippen LogP contribution >= 0.6 is 0 Å². The van der Waals surface area contributed by atoms with Crippen LogP contribution in [0, 0.1) is 0 Å². The van der Waals surface area contributed by atoms with Crippen molar-refractivity contribution in [2.45, 2.75) is 109 Å². The third-order valence-corrected chi connectivity index (χ3v) is 11.1. The molecule has 2 aromatic carbocycles. The predicted molar refractivity (Wildman–Crippen MR) is 188 cm³/mol. The van der Waals surface area contributed by atoms with Gasteiger partial charge in [-0.2, -0.15) is 0 Å². The SMILES string of the molecule is COCCOCCCC1(CCCOCCOC)c2cc(B3OC(C)(C)C(C)(C)O3)ccc2-c2ccc(B3OC(C)(C)C(C)(C)O3)cc21. The van der Waals surface area contributed by atoms with Gasteiger partial charge in [0.25, 0.3) is 0 Å². The van der Waals surface area contributed by atoms with Crippen LogP contribution in [0.1, 0.15) is 92.2 Å². The third-order valence-electron chi connectivity index (χ3n) is 11.1. The molecule has 3 aliphatic rings. The summed E-state index contributed by atoms with van der Waals surface area (Å²) in [5, 5.41) is 0. The van der Waals surface area contributed by atoms with Gasteiger partial charge in [-0.1, -0.05) is 36.4 Å². The lowest BCUT2D eigenvalue weighted by atomic mass is 9.67. The summed E-state index contributed by atoms with van der Waals surface area (Å²) in [6.45, 7) is 20.5. The minimum Gasteiger partial charge on any atom is -0.399 e. The number of hydrogen-bond donors (Lipinski definition) is 0. The fourth-order valence-corrected chi connectivity index (χ4v) is 6.89. The monoisotopic (exact) mass is 650 g/mol. The second-order valence-electron chi connectivity index (χ2n) is 15.3. The van der Waals surface area contributed by atoms with E-state index in [2.05, 4.69) is 91.8 Å². The van der Waals surface area contributed by atoms with E-state index in [4.69, 9.17) is 37.6 Å². The van der Waals surface area contributed by atoms with Gasteiger partial charge < -0.3 is 37.6 Å². The maximum absolute atomic E-state index is 6.53. The molecule has 2 aliphatic heterocycles. The minimum atomic E-state index is -0.443. The first kappa shape index (κ1) is 36.5. The molecule has 5 rings (SSSR count). The van der Waals surface area contributed by atoms with Crippen molar-refractivity contribution in [2.75, 3.05) is 53.9 Å². The van der Waals surface area contributed by atoms with E-state index in [1.54, 1.807) is 14.2 Å². The molecule has 0 radical (unpaired) electrons. The molecule has 10 heteroatoms. The molecule has 0 bridgehead atoms. The van der Waals surface area contributed by atoms with Crippen molar-refractivity contribution < 1.29 is 37.6 Å². The number of fused-ring (bicyclic) bond motifs is 3. The number of rotatable bonds is 16. The molecule has 2 fully saturated rings. The zero-order valence-electron chi connectivity index (χ0n) is 30.5. The van der Waals surface area contributed by atoms with Gasteiger partial charge in [0, 0.05) is 32.8 Å². The van der Waals surface area contributed by atoms with Crippen LogP contribution in [0.2, 0.25) is 0 Å². The number of hydrogen-bond acceptors (Lipinski definition) is 8. The fraction of sp³-hybridized carbons (Fsp3) is 0.676. The van der Waals surface area contributed by atoms with Gasteiger partial charge in [0.05, 0.1) is 48.8 Å². The Morgan fingerprint density at radius 1 is 0.511 bits per heavy atom. The van der Waals surface area contributed by atoms with Gasteiger partial charge >= 0.3 is 14.2 Å². The lowest BCUT2D eigenvalue weighted by Gasteiger charge is -2.33. The van der Waals surface area contributed by atoms with Crippen LogP contribution in [0.25, 0.3) is 11.1 Å². The average molecular weight is 650 g/mol. The van der Waals surface area contributed by atoms with E-state index >= 15 is 0 Å². The summed E-state index contributed by atoms with van der Waals surface area (Å²) in [5.74, 6) is 0. The van der Waals surface area contributed by atoms with Gasteiger partial charge in [-0.15, -0.1) is 0 Å². The summed E-state index contributed by atoms with van der Waals surface area (Å²) in [7, 11) is 2.52. The first-order valence-electron chi connectivity index (χ1n) is 17.3. The Hall–Kier alpha value is -1.75. The van der Waals surface area contributed by atoms with Crippen LogP contribution in [0.3, 0.4) is 0 Å². The van der Waals surface area contributed by atoms with E-state index in [1.165, 1.54) is 22.3 Å². The highest BCUT2D eigenvalue weighted by Gasteiger charge is 2.54. The van der Waals surface area contributed by atoms with Crippen molar-refractivity contribution >= 4 is 25.2 Å². The summed E-state index contributed by atoms with van der Waals surface area (Å²) < 4.78 is 48.5. The maximum atomic E-state index is 6.53. The van der Waals surface area contributed by atoms with Crippen LogP contribution in [0.15, 0.2) is 36.4 Å². The topological polar surface area (TPSA) is 73.8 Å². The van der Waals surface area contributed by atoms with E-state index < -0.39 is 36.6 Å². The van der Waals surface area contributed by atoms with Crippen molar-refractivity contribution in [3.63, 3.8) is 0 Å². The lowest BCUT2D eigenvalue weighted by Crippen LogP contribution is -2.41. The molecule has 0 saturated carbocycles. The Morgan fingerprint density at radius 2 is 0.872 bits per heavy atom. The van der Waals surface area contributed by atoms with Crippen molar-refractivity contribution in [1.82, 2.24) is 0 Å². The molecule has 8 nitrogen and oxygen atoms in total. The Labute approximate surface area is 283 Å². The van der Waals surface area contributed by atoms with E-state index in [9.17, 15) is 0 Å². The standard InChI is InChI=1S/C37H56B2O8/c1-33(2)34(3,4)45-38(44-33)27-13-15-29-30-16-14-28(39-46-35(5,6)36(7,8)47-39)26-32(30)37(31(29)25-27,17-11-19-42-23-21-40-9)18-12-20-43-24-22-41-10/h13-16,25-26H,11-12,17-24H2,1-10H3. The molecule has 0 aromatic heterocycles. The zero-order valence-corrected chi connectivity index (χ0v) is 30.5. The summed E-state index contributed by atoms with van der Waals surface area (Å²) in [6, 6.07) is 13.5. The van der Waals surface area contributed by atoms with Gasteiger partial charge in [-0.25, -0.2) is 0 Å². The number of benzene rings is 2. The fourth-order valence-electron chi connectivity index (χ4n) is 6.89. The zero-order chi connectivity index (χ0) is 34.1. The summed E-state index contributed by atoms with van der Waals surface area (Å²) >= 11 is 0. The first-order valence-corrected chi connectivity index (χ1v) is 17.3. The number of ether oxygens (including phenoxy) is 4. The van der Waals surface area contributed by atoms with Gasteiger partial charge in [0.2, 0.25) is 0 Å². The maximum Gasteiger partial charge on any atom is 0.494 e. The highest BCUT2D eigenvalue weighted by Crippen LogP contribution is 2.53. The second kappa shape index (κ2) is 14.2. The predicted octanol–water partition coefficient (Wildman–Crippen LogP) is 5.44. The lowest BCUT2D eigenvalue weighted by molar-refractivity contribution is 0.00578. The molecular formula is C37H56B2O8. The Kier molecular flexibility index (Phi) is 11.1. The van der Waals surface area contributed by atoms with Crippen LogP contribution < -0.4 is 10.9 Å². The van der Waals surface area contributed by atoms with Gasteiger partial charge in [-0.05, 0) is 114 Å². The molecule has 47 heavy (non-hydrogen) atoms. The van der Waals surface area contributed by atoms with E-state index in [-0.39, 0.29) is 5.41 Å². The van der Waals surface area contributed by atoms with Gasteiger partial charge in [-0.3, -0.25) is 0 Å². The Morgan fingerprint density at radius 3 is 1.21 bits per heavy atom. The van der Waals surface area contributed by atoms with Crippen LogP contribution in [0.5, 0.6) is 0 Å². The highest BCUT2D eigenvalue weighted by atomic mass is 16.7. The van der Waals surface area contributed by atoms with E-state index in [0.29, 0.717) is 39.6 Å². The Balaban J connectivity index is 1.55. The molecule has 2 aromatic rings. The quantitative estimate of drug-likeness (QED) is 0.176. The normalized spacial score (nSPS) is 21.3.